The number of hydrogen-bond donors (Lipinski definition) is 1. The lowest BCUT2D eigenvalue weighted by molar-refractivity contribution is -0.134. The van der Waals surface area contributed by atoms with Gasteiger partial charge in [-0.15, -0.1) is 11.3 Å². The average molecular weight is 280 g/mol. The third-order valence-corrected chi connectivity index (χ3v) is 4.74. The molecule has 0 saturated carbocycles. The SMILES string of the molecule is O=C(C1CCNC1)N1CCCN(c2nccs2)CC1. The number of hydrogen-bond acceptors (Lipinski definition) is 5. The zero-order chi connectivity index (χ0) is 13.1. The molecule has 0 aliphatic carbocycles. The van der Waals surface area contributed by atoms with Crippen molar-refractivity contribution in [2.24, 2.45) is 5.92 Å². The monoisotopic (exact) mass is 280 g/mol. The van der Waals surface area contributed by atoms with Crippen LogP contribution in [0.5, 0.6) is 0 Å². The molecule has 3 heterocycles. The highest BCUT2D eigenvalue weighted by atomic mass is 32.1. The van der Waals surface area contributed by atoms with Crippen molar-refractivity contribution in [2.45, 2.75) is 12.8 Å². The van der Waals surface area contributed by atoms with E-state index in [0.717, 1.165) is 57.2 Å². The predicted molar refractivity (Wildman–Crippen MR) is 76.5 cm³/mol. The molecule has 2 aliphatic rings. The standard InChI is InChI=1S/C13H20N4OS/c18-12(11-2-3-14-10-11)16-5-1-6-17(8-7-16)13-15-4-9-19-13/h4,9,11,14H,1-3,5-8,10H2. The first-order valence-corrected chi connectivity index (χ1v) is 7.86. The molecule has 104 valence electrons. The van der Waals surface area contributed by atoms with E-state index in [1.807, 2.05) is 16.5 Å². The maximum Gasteiger partial charge on any atom is 0.227 e. The highest BCUT2D eigenvalue weighted by Crippen LogP contribution is 2.20. The lowest BCUT2D eigenvalue weighted by Gasteiger charge is -2.24. The minimum absolute atomic E-state index is 0.200. The number of carbonyl (C=O) groups excluding carboxylic acids is 1. The van der Waals surface area contributed by atoms with Gasteiger partial charge in [-0.3, -0.25) is 4.79 Å². The van der Waals surface area contributed by atoms with Gasteiger partial charge in [-0.25, -0.2) is 4.98 Å². The first-order chi connectivity index (χ1) is 9.34. The van der Waals surface area contributed by atoms with Gasteiger partial charge in [0.2, 0.25) is 5.91 Å². The van der Waals surface area contributed by atoms with Crippen molar-refractivity contribution >= 4 is 22.4 Å². The second kappa shape index (κ2) is 5.88. The molecule has 1 aromatic heterocycles. The molecule has 1 atom stereocenters. The summed E-state index contributed by atoms with van der Waals surface area (Å²) in [6.45, 7) is 5.45. The molecule has 6 heteroatoms. The third-order valence-electron chi connectivity index (χ3n) is 3.91. The van der Waals surface area contributed by atoms with Crippen LogP contribution in [0.2, 0.25) is 0 Å². The average Bonchev–Trinajstić information content (AvgIpc) is 3.08. The van der Waals surface area contributed by atoms with Crippen LogP contribution >= 0.6 is 11.3 Å². The Morgan fingerprint density at radius 1 is 1.37 bits per heavy atom. The Labute approximate surface area is 117 Å². The van der Waals surface area contributed by atoms with Crippen molar-refractivity contribution < 1.29 is 4.79 Å². The molecule has 5 nitrogen and oxygen atoms in total. The molecule has 0 bridgehead atoms. The van der Waals surface area contributed by atoms with Gasteiger partial charge in [0.05, 0.1) is 5.92 Å². The number of anilines is 1. The summed E-state index contributed by atoms with van der Waals surface area (Å²) in [5.74, 6) is 0.539. The quantitative estimate of drug-likeness (QED) is 0.870. The Bertz CT molecular complexity index is 416. The topological polar surface area (TPSA) is 48.5 Å². The van der Waals surface area contributed by atoms with E-state index < -0.39 is 0 Å². The van der Waals surface area contributed by atoms with Crippen molar-refractivity contribution in [3.05, 3.63) is 11.6 Å². The Kier molecular flexibility index (Phi) is 3.98. The minimum atomic E-state index is 0.200. The summed E-state index contributed by atoms with van der Waals surface area (Å²) in [6, 6.07) is 0. The molecule has 19 heavy (non-hydrogen) atoms. The van der Waals surface area contributed by atoms with E-state index in [-0.39, 0.29) is 5.92 Å². The van der Waals surface area contributed by atoms with Gasteiger partial charge in [0.15, 0.2) is 5.13 Å². The molecule has 1 amide bonds. The van der Waals surface area contributed by atoms with Crippen LogP contribution in [0.1, 0.15) is 12.8 Å². The van der Waals surface area contributed by atoms with Crippen LogP contribution < -0.4 is 10.2 Å². The van der Waals surface area contributed by atoms with Crippen molar-refractivity contribution in [2.75, 3.05) is 44.2 Å². The number of rotatable bonds is 2. The fraction of sp³-hybridized carbons (Fsp3) is 0.692. The molecule has 0 radical (unpaired) electrons. The summed E-state index contributed by atoms with van der Waals surface area (Å²) in [7, 11) is 0. The van der Waals surface area contributed by atoms with E-state index in [0.29, 0.717) is 5.91 Å². The molecular formula is C13H20N4OS. The van der Waals surface area contributed by atoms with E-state index in [1.165, 1.54) is 0 Å². The largest absolute Gasteiger partial charge is 0.346 e. The summed E-state index contributed by atoms with van der Waals surface area (Å²) >= 11 is 1.68. The van der Waals surface area contributed by atoms with E-state index in [1.54, 1.807) is 11.3 Å². The molecule has 2 saturated heterocycles. The molecule has 0 spiro atoms. The van der Waals surface area contributed by atoms with Crippen molar-refractivity contribution in [3.63, 3.8) is 0 Å². The van der Waals surface area contributed by atoms with Crippen molar-refractivity contribution in [1.29, 1.82) is 0 Å². The van der Waals surface area contributed by atoms with Gasteiger partial charge in [0.25, 0.3) is 0 Å². The maximum absolute atomic E-state index is 12.4. The minimum Gasteiger partial charge on any atom is -0.346 e. The lowest BCUT2D eigenvalue weighted by atomic mass is 10.1. The fourth-order valence-electron chi connectivity index (χ4n) is 2.82. The van der Waals surface area contributed by atoms with E-state index in [4.69, 9.17) is 0 Å². The summed E-state index contributed by atoms with van der Waals surface area (Å²) in [4.78, 5) is 21.1. The Morgan fingerprint density at radius 2 is 2.32 bits per heavy atom. The maximum atomic E-state index is 12.4. The summed E-state index contributed by atoms with van der Waals surface area (Å²) in [5.41, 5.74) is 0. The first kappa shape index (κ1) is 12.9. The number of nitrogens with zero attached hydrogens (tertiary/aromatic N) is 3. The van der Waals surface area contributed by atoms with Crippen LogP contribution in [0.3, 0.4) is 0 Å². The van der Waals surface area contributed by atoms with Gasteiger partial charge >= 0.3 is 0 Å². The molecule has 2 aliphatic heterocycles. The van der Waals surface area contributed by atoms with Gasteiger partial charge in [-0.05, 0) is 19.4 Å². The lowest BCUT2D eigenvalue weighted by Crippen LogP contribution is -2.39. The number of amides is 1. The number of thiazole rings is 1. The fourth-order valence-corrected chi connectivity index (χ4v) is 3.52. The molecule has 2 fully saturated rings. The smallest absolute Gasteiger partial charge is 0.227 e. The Hall–Kier alpha value is -1.14. The van der Waals surface area contributed by atoms with Crippen LogP contribution in [0.4, 0.5) is 5.13 Å². The van der Waals surface area contributed by atoms with E-state index in [9.17, 15) is 4.79 Å². The molecule has 1 N–H and O–H groups in total. The second-order valence-corrected chi connectivity index (χ2v) is 6.04. The van der Waals surface area contributed by atoms with Crippen LogP contribution in [0.15, 0.2) is 11.6 Å². The third kappa shape index (κ3) is 2.90. The summed E-state index contributed by atoms with van der Waals surface area (Å²) in [5, 5.41) is 6.36. The zero-order valence-electron chi connectivity index (χ0n) is 11.0. The summed E-state index contributed by atoms with van der Waals surface area (Å²) in [6.07, 6.45) is 3.87. The van der Waals surface area contributed by atoms with Gasteiger partial charge in [-0.2, -0.15) is 0 Å². The van der Waals surface area contributed by atoms with E-state index >= 15 is 0 Å². The molecule has 1 aromatic rings. The van der Waals surface area contributed by atoms with Gasteiger partial charge in [0, 0.05) is 44.3 Å². The van der Waals surface area contributed by atoms with Crippen molar-refractivity contribution in [3.8, 4) is 0 Å². The number of carbonyl (C=O) groups is 1. The highest BCUT2D eigenvalue weighted by molar-refractivity contribution is 7.13. The van der Waals surface area contributed by atoms with Crippen LogP contribution in [-0.4, -0.2) is 55.1 Å². The van der Waals surface area contributed by atoms with Crippen LogP contribution in [-0.2, 0) is 4.79 Å². The van der Waals surface area contributed by atoms with E-state index in [2.05, 4.69) is 15.2 Å². The molecule has 1 unspecified atom stereocenters. The second-order valence-electron chi connectivity index (χ2n) is 5.17. The number of aromatic nitrogens is 1. The van der Waals surface area contributed by atoms with Crippen molar-refractivity contribution in [1.82, 2.24) is 15.2 Å². The van der Waals surface area contributed by atoms with Crippen LogP contribution in [0.25, 0.3) is 0 Å². The Balaban J connectivity index is 1.59. The highest BCUT2D eigenvalue weighted by Gasteiger charge is 2.28. The predicted octanol–water partition coefficient (Wildman–Crippen LogP) is 0.791. The summed E-state index contributed by atoms with van der Waals surface area (Å²) < 4.78 is 0. The normalized spacial score (nSPS) is 24.5. The van der Waals surface area contributed by atoms with Gasteiger partial charge in [-0.1, -0.05) is 0 Å². The Morgan fingerprint density at radius 3 is 3.05 bits per heavy atom. The molecule has 3 rings (SSSR count). The zero-order valence-corrected chi connectivity index (χ0v) is 11.9. The first-order valence-electron chi connectivity index (χ1n) is 6.98. The van der Waals surface area contributed by atoms with Crippen LogP contribution in [0, 0.1) is 5.92 Å². The number of nitrogens with one attached hydrogen (secondary N) is 1. The van der Waals surface area contributed by atoms with Gasteiger partial charge in [0.1, 0.15) is 0 Å². The molecular weight excluding hydrogens is 260 g/mol. The molecule has 0 aromatic carbocycles. The van der Waals surface area contributed by atoms with Gasteiger partial charge < -0.3 is 15.1 Å².